The molecule has 1 heterocycles. The Bertz CT molecular complexity index is 601. The van der Waals surface area contributed by atoms with Gasteiger partial charge in [0.1, 0.15) is 18.3 Å². The highest BCUT2D eigenvalue weighted by Gasteiger charge is 2.37. The van der Waals surface area contributed by atoms with E-state index in [9.17, 15) is 9.90 Å². The standard InChI is InChI=1S/C15H18ClN3O2/c1-2-3-8-15(21,9-19-11-17-10-18-19)14(20)12-6-4-5-7-13(12)16/h4-7,10-11,21H,2-3,8-9H2,1H3. The molecule has 0 saturated carbocycles. The van der Waals surface area contributed by atoms with Gasteiger partial charge in [-0.2, -0.15) is 5.10 Å². The Balaban J connectivity index is 2.30. The molecule has 1 aromatic carbocycles. The lowest BCUT2D eigenvalue weighted by atomic mass is 9.88. The molecule has 0 saturated heterocycles. The maximum Gasteiger partial charge on any atom is 0.197 e. The number of Topliss-reactive ketones (excluding diaryl/α,β-unsaturated/α-hetero) is 1. The van der Waals surface area contributed by atoms with Crippen LogP contribution >= 0.6 is 11.6 Å². The number of carbonyl (C=O) groups is 1. The summed E-state index contributed by atoms with van der Waals surface area (Å²) in [4.78, 5) is 16.6. The molecule has 1 aromatic heterocycles. The van der Waals surface area contributed by atoms with Gasteiger partial charge in [-0.15, -0.1) is 0 Å². The Hall–Kier alpha value is -1.72. The molecule has 112 valence electrons. The van der Waals surface area contributed by atoms with E-state index < -0.39 is 5.60 Å². The number of hydrogen-bond acceptors (Lipinski definition) is 4. The first-order valence-corrected chi connectivity index (χ1v) is 7.29. The van der Waals surface area contributed by atoms with Crippen molar-refractivity contribution in [2.45, 2.75) is 38.3 Å². The van der Waals surface area contributed by atoms with Crippen LogP contribution in [0.4, 0.5) is 0 Å². The fourth-order valence-electron chi connectivity index (χ4n) is 2.21. The molecule has 2 rings (SSSR count). The van der Waals surface area contributed by atoms with Crippen molar-refractivity contribution in [1.29, 1.82) is 0 Å². The molecule has 2 aromatic rings. The number of hydrogen-bond donors (Lipinski definition) is 1. The lowest BCUT2D eigenvalue weighted by Gasteiger charge is -2.26. The lowest BCUT2D eigenvalue weighted by Crippen LogP contribution is -2.43. The molecule has 1 N–H and O–H groups in total. The predicted molar refractivity (Wildman–Crippen MR) is 80.3 cm³/mol. The summed E-state index contributed by atoms with van der Waals surface area (Å²) in [5.41, 5.74) is -1.20. The molecule has 1 atom stereocenters. The van der Waals surface area contributed by atoms with E-state index in [2.05, 4.69) is 10.1 Å². The number of ketones is 1. The molecular formula is C15H18ClN3O2. The quantitative estimate of drug-likeness (QED) is 0.799. The monoisotopic (exact) mass is 307 g/mol. The van der Waals surface area contributed by atoms with Crippen LogP contribution in [0.25, 0.3) is 0 Å². The Morgan fingerprint density at radius 1 is 1.43 bits per heavy atom. The van der Waals surface area contributed by atoms with Crippen LogP contribution in [0, 0.1) is 0 Å². The highest BCUT2D eigenvalue weighted by Crippen LogP contribution is 2.26. The van der Waals surface area contributed by atoms with Crippen molar-refractivity contribution in [2.75, 3.05) is 0 Å². The summed E-state index contributed by atoms with van der Waals surface area (Å²) in [5.74, 6) is -0.378. The average Bonchev–Trinajstić information content (AvgIpc) is 2.97. The van der Waals surface area contributed by atoms with Crippen molar-refractivity contribution < 1.29 is 9.90 Å². The Morgan fingerprint density at radius 2 is 2.19 bits per heavy atom. The van der Waals surface area contributed by atoms with Crippen molar-refractivity contribution in [3.63, 3.8) is 0 Å². The average molecular weight is 308 g/mol. The van der Waals surface area contributed by atoms with Crippen LogP contribution in [-0.2, 0) is 6.54 Å². The van der Waals surface area contributed by atoms with Gasteiger partial charge in [0, 0.05) is 5.56 Å². The number of aliphatic hydroxyl groups is 1. The zero-order valence-corrected chi connectivity index (χ0v) is 12.6. The van der Waals surface area contributed by atoms with E-state index in [1.807, 2.05) is 6.92 Å². The van der Waals surface area contributed by atoms with Gasteiger partial charge in [-0.1, -0.05) is 43.5 Å². The maximum atomic E-state index is 12.7. The summed E-state index contributed by atoms with van der Waals surface area (Å²) in [6, 6.07) is 6.75. The zero-order valence-electron chi connectivity index (χ0n) is 11.9. The van der Waals surface area contributed by atoms with E-state index in [4.69, 9.17) is 11.6 Å². The maximum absolute atomic E-state index is 12.7. The molecule has 0 aliphatic heterocycles. The summed E-state index contributed by atoms with van der Waals surface area (Å²) in [7, 11) is 0. The van der Waals surface area contributed by atoms with Crippen LogP contribution in [0.3, 0.4) is 0 Å². The van der Waals surface area contributed by atoms with Crippen molar-refractivity contribution >= 4 is 17.4 Å². The van der Waals surface area contributed by atoms with E-state index in [1.54, 1.807) is 24.3 Å². The minimum absolute atomic E-state index is 0.0665. The number of nitrogens with zero attached hydrogens (tertiary/aromatic N) is 3. The molecule has 0 bridgehead atoms. The van der Waals surface area contributed by atoms with Crippen molar-refractivity contribution in [3.8, 4) is 0 Å². The molecule has 0 spiro atoms. The molecule has 1 unspecified atom stereocenters. The first-order valence-electron chi connectivity index (χ1n) is 6.91. The molecule has 0 aliphatic rings. The highest BCUT2D eigenvalue weighted by molar-refractivity contribution is 6.34. The third-order valence-corrected chi connectivity index (χ3v) is 3.70. The van der Waals surface area contributed by atoms with Crippen molar-refractivity contribution in [3.05, 3.63) is 47.5 Å². The first-order chi connectivity index (χ1) is 10.1. The van der Waals surface area contributed by atoms with Gasteiger partial charge in [-0.3, -0.25) is 4.79 Å². The van der Waals surface area contributed by atoms with Gasteiger partial charge in [-0.05, 0) is 18.6 Å². The fraction of sp³-hybridized carbons (Fsp3) is 0.400. The van der Waals surface area contributed by atoms with Crippen LogP contribution in [-0.4, -0.2) is 31.3 Å². The minimum atomic E-state index is -1.53. The summed E-state index contributed by atoms with van der Waals surface area (Å²) in [6.07, 6.45) is 4.83. The normalized spacial score (nSPS) is 13.9. The van der Waals surface area contributed by atoms with Crippen molar-refractivity contribution in [2.24, 2.45) is 0 Å². The van der Waals surface area contributed by atoms with Gasteiger partial charge < -0.3 is 5.11 Å². The SMILES string of the molecule is CCCCC(O)(Cn1cncn1)C(=O)c1ccccc1Cl. The Morgan fingerprint density at radius 3 is 2.81 bits per heavy atom. The van der Waals surface area contributed by atoms with Crippen LogP contribution in [0.5, 0.6) is 0 Å². The second-order valence-corrected chi connectivity index (χ2v) is 5.44. The smallest absolute Gasteiger partial charge is 0.197 e. The predicted octanol–water partition coefficient (Wildman–Crippen LogP) is 2.74. The van der Waals surface area contributed by atoms with Gasteiger partial charge in [0.2, 0.25) is 0 Å². The number of rotatable bonds is 7. The summed E-state index contributed by atoms with van der Waals surface area (Å²) in [5, 5.41) is 15.2. The second kappa shape index (κ2) is 6.83. The minimum Gasteiger partial charge on any atom is -0.380 e. The summed E-state index contributed by atoms with van der Waals surface area (Å²) in [6.45, 7) is 2.08. The zero-order chi connectivity index (χ0) is 15.3. The largest absolute Gasteiger partial charge is 0.380 e. The van der Waals surface area contributed by atoms with Gasteiger partial charge >= 0.3 is 0 Å². The van der Waals surface area contributed by atoms with Crippen LogP contribution in [0.2, 0.25) is 5.02 Å². The Labute approximate surface area is 128 Å². The van der Waals surface area contributed by atoms with E-state index in [1.165, 1.54) is 17.3 Å². The van der Waals surface area contributed by atoms with Gasteiger partial charge in [0.25, 0.3) is 0 Å². The summed E-state index contributed by atoms with van der Waals surface area (Å²) >= 11 is 6.07. The molecule has 0 radical (unpaired) electrons. The van der Waals surface area contributed by atoms with Crippen LogP contribution in [0.1, 0.15) is 36.5 Å². The van der Waals surface area contributed by atoms with Gasteiger partial charge in [-0.25, -0.2) is 9.67 Å². The number of benzene rings is 1. The summed E-state index contributed by atoms with van der Waals surface area (Å²) < 4.78 is 1.46. The number of aromatic nitrogens is 3. The third kappa shape index (κ3) is 3.68. The van der Waals surface area contributed by atoms with E-state index >= 15 is 0 Å². The second-order valence-electron chi connectivity index (χ2n) is 5.04. The highest BCUT2D eigenvalue weighted by atomic mass is 35.5. The fourth-order valence-corrected chi connectivity index (χ4v) is 2.43. The molecule has 6 heteroatoms. The van der Waals surface area contributed by atoms with Crippen molar-refractivity contribution in [1.82, 2.24) is 14.8 Å². The number of halogens is 1. The van der Waals surface area contributed by atoms with E-state index in [-0.39, 0.29) is 12.3 Å². The molecule has 5 nitrogen and oxygen atoms in total. The molecule has 21 heavy (non-hydrogen) atoms. The van der Waals surface area contributed by atoms with Gasteiger partial charge in [0.15, 0.2) is 5.78 Å². The molecule has 0 amide bonds. The number of carbonyl (C=O) groups excluding carboxylic acids is 1. The van der Waals surface area contributed by atoms with Crippen LogP contribution < -0.4 is 0 Å². The Kier molecular flexibility index (Phi) is 5.09. The molecule has 0 fully saturated rings. The number of unbranched alkanes of at least 4 members (excludes halogenated alkanes) is 1. The van der Waals surface area contributed by atoms with Gasteiger partial charge in [0.05, 0.1) is 11.6 Å². The first kappa shape index (κ1) is 15.7. The third-order valence-electron chi connectivity index (χ3n) is 3.38. The van der Waals surface area contributed by atoms with E-state index in [0.29, 0.717) is 17.0 Å². The lowest BCUT2D eigenvalue weighted by molar-refractivity contribution is 0.0145. The van der Waals surface area contributed by atoms with Crippen LogP contribution in [0.15, 0.2) is 36.9 Å². The van der Waals surface area contributed by atoms with E-state index in [0.717, 1.165) is 12.8 Å². The topological polar surface area (TPSA) is 68.0 Å². The molecule has 0 aliphatic carbocycles. The molecular weight excluding hydrogens is 290 g/mol.